The first-order chi connectivity index (χ1) is 11.1. The van der Waals surface area contributed by atoms with Gasteiger partial charge in [-0.05, 0) is 59.9 Å². The Hall–Kier alpha value is -2.62. The molecule has 0 amide bonds. The SMILES string of the molecule is COC(=O)c1ccc2c(c1)C(c1cc(F)ccc1OC)=CCC2. The molecule has 3 rings (SSSR count). The molecule has 1 aliphatic carbocycles. The van der Waals surface area contributed by atoms with E-state index in [0.717, 1.165) is 29.5 Å². The van der Waals surface area contributed by atoms with Crippen LogP contribution in [-0.4, -0.2) is 20.2 Å². The van der Waals surface area contributed by atoms with Crippen molar-refractivity contribution in [2.24, 2.45) is 0 Å². The number of halogens is 1. The fourth-order valence-electron chi connectivity index (χ4n) is 2.92. The van der Waals surface area contributed by atoms with E-state index in [1.165, 1.54) is 19.2 Å². The van der Waals surface area contributed by atoms with Gasteiger partial charge in [0.2, 0.25) is 0 Å². The molecule has 0 saturated heterocycles. The average Bonchev–Trinajstić information content (AvgIpc) is 2.60. The number of hydrogen-bond donors (Lipinski definition) is 0. The molecule has 0 saturated carbocycles. The standard InChI is InChI=1S/C19H17FO3/c1-22-18-9-8-14(20)11-17(18)15-5-3-4-12-6-7-13(10-16(12)15)19(21)23-2/h5-11H,3-4H2,1-2H3. The number of carbonyl (C=O) groups is 1. The van der Waals surface area contributed by atoms with Crippen LogP contribution in [-0.2, 0) is 11.2 Å². The molecular formula is C19H17FO3. The topological polar surface area (TPSA) is 35.5 Å². The molecule has 0 bridgehead atoms. The molecule has 0 unspecified atom stereocenters. The highest BCUT2D eigenvalue weighted by atomic mass is 19.1. The Balaban J connectivity index is 2.15. The van der Waals surface area contributed by atoms with Gasteiger partial charge in [0.1, 0.15) is 11.6 Å². The van der Waals surface area contributed by atoms with Crippen molar-refractivity contribution in [1.82, 2.24) is 0 Å². The molecule has 3 nitrogen and oxygen atoms in total. The van der Waals surface area contributed by atoms with E-state index in [4.69, 9.17) is 9.47 Å². The summed E-state index contributed by atoms with van der Waals surface area (Å²) in [6.45, 7) is 0. The summed E-state index contributed by atoms with van der Waals surface area (Å²) in [6, 6.07) is 9.94. The summed E-state index contributed by atoms with van der Waals surface area (Å²) in [5.74, 6) is -0.101. The molecule has 0 N–H and O–H groups in total. The van der Waals surface area contributed by atoms with E-state index in [2.05, 4.69) is 6.08 Å². The van der Waals surface area contributed by atoms with Crippen LogP contribution < -0.4 is 4.74 Å². The van der Waals surface area contributed by atoms with Crippen LogP contribution in [0.15, 0.2) is 42.5 Å². The Labute approximate surface area is 134 Å². The Kier molecular flexibility index (Phi) is 4.15. The zero-order valence-electron chi connectivity index (χ0n) is 13.1. The number of ether oxygens (including phenoxy) is 2. The minimum atomic E-state index is -0.385. The van der Waals surface area contributed by atoms with Crippen molar-refractivity contribution in [3.63, 3.8) is 0 Å². The smallest absolute Gasteiger partial charge is 0.337 e. The molecule has 0 fully saturated rings. The normalized spacial score (nSPS) is 13.1. The van der Waals surface area contributed by atoms with E-state index in [0.29, 0.717) is 16.9 Å². The van der Waals surface area contributed by atoms with Gasteiger partial charge in [-0.3, -0.25) is 0 Å². The highest BCUT2D eigenvalue weighted by Gasteiger charge is 2.20. The van der Waals surface area contributed by atoms with E-state index in [9.17, 15) is 9.18 Å². The van der Waals surface area contributed by atoms with Gasteiger partial charge in [-0.2, -0.15) is 0 Å². The summed E-state index contributed by atoms with van der Waals surface area (Å²) in [6.07, 6.45) is 3.80. The maximum atomic E-state index is 13.7. The first kappa shape index (κ1) is 15.3. The van der Waals surface area contributed by atoms with Gasteiger partial charge in [0.25, 0.3) is 0 Å². The van der Waals surface area contributed by atoms with E-state index in [1.54, 1.807) is 25.3 Å². The molecule has 4 heteroatoms. The molecule has 2 aromatic rings. The molecule has 118 valence electrons. The van der Waals surface area contributed by atoms with Gasteiger partial charge < -0.3 is 9.47 Å². The Morgan fingerprint density at radius 2 is 1.91 bits per heavy atom. The Morgan fingerprint density at radius 1 is 1.09 bits per heavy atom. The van der Waals surface area contributed by atoms with E-state index >= 15 is 0 Å². The third kappa shape index (κ3) is 2.84. The van der Waals surface area contributed by atoms with Crippen LogP contribution in [0.25, 0.3) is 5.57 Å². The second-order valence-electron chi connectivity index (χ2n) is 5.36. The summed E-state index contributed by atoms with van der Waals surface area (Å²) in [4.78, 5) is 11.8. The maximum Gasteiger partial charge on any atom is 0.337 e. The zero-order chi connectivity index (χ0) is 16.4. The average molecular weight is 312 g/mol. The molecule has 1 aliphatic rings. The fraction of sp³-hybridized carbons (Fsp3) is 0.211. The van der Waals surface area contributed by atoms with Crippen molar-refractivity contribution in [2.75, 3.05) is 14.2 Å². The number of hydrogen-bond acceptors (Lipinski definition) is 3. The minimum absolute atomic E-state index is 0.321. The fourth-order valence-corrected chi connectivity index (χ4v) is 2.92. The highest BCUT2D eigenvalue weighted by Crippen LogP contribution is 2.37. The second-order valence-corrected chi connectivity index (χ2v) is 5.36. The molecule has 0 spiro atoms. The number of carbonyl (C=O) groups excluding carboxylic acids is 1. The summed E-state index contributed by atoms with van der Waals surface area (Å²) in [7, 11) is 2.92. The predicted octanol–water partition coefficient (Wildman–Crippen LogP) is 4.00. The molecule has 2 aromatic carbocycles. The third-order valence-electron chi connectivity index (χ3n) is 4.03. The van der Waals surface area contributed by atoms with Crippen molar-refractivity contribution in [2.45, 2.75) is 12.8 Å². The number of aryl methyl sites for hydroxylation is 1. The zero-order valence-corrected chi connectivity index (χ0v) is 13.1. The number of benzene rings is 2. The van der Waals surface area contributed by atoms with E-state index in [-0.39, 0.29) is 11.8 Å². The van der Waals surface area contributed by atoms with Crippen LogP contribution in [0.4, 0.5) is 4.39 Å². The lowest BCUT2D eigenvalue weighted by Gasteiger charge is -2.20. The summed E-state index contributed by atoms with van der Waals surface area (Å²) in [5, 5.41) is 0. The lowest BCUT2D eigenvalue weighted by molar-refractivity contribution is 0.0600. The molecule has 0 radical (unpaired) electrons. The van der Waals surface area contributed by atoms with Crippen molar-refractivity contribution in [1.29, 1.82) is 0 Å². The van der Waals surface area contributed by atoms with E-state index < -0.39 is 0 Å². The summed E-state index contributed by atoms with van der Waals surface area (Å²) < 4.78 is 23.9. The molecule has 0 aliphatic heterocycles. The van der Waals surface area contributed by atoms with Crippen LogP contribution in [0.2, 0.25) is 0 Å². The van der Waals surface area contributed by atoms with Crippen molar-refractivity contribution < 1.29 is 18.7 Å². The first-order valence-electron chi connectivity index (χ1n) is 7.39. The number of fused-ring (bicyclic) bond motifs is 1. The first-order valence-corrected chi connectivity index (χ1v) is 7.39. The highest BCUT2D eigenvalue weighted by molar-refractivity contribution is 5.93. The molecule has 23 heavy (non-hydrogen) atoms. The quantitative estimate of drug-likeness (QED) is 0.804. The molecular weight excluding hydrogens is 295 g/mol. The van der Waals surface area contributed by atoms with Gasteiger partial charge >= 0.3 is 5.97 Å². The molecule has 0 aromatic heterocycles. The Morgan fingerprint density at radius 3 is 2.65 bits per heavy atom. The van der Waals surface area contributed by atoms with E-state index in [1.807, 2.05) is 6.07 Å². The third-order valence-corrected chi connectivity index (χ3v) is 4.03. The van der Waals surface area contributed by atoms with Gasteiger partial charge in [-0.1, -0.05) is 12.1 Å². The Bertz CT molecular complexity index is 793. The van der Waals surface area contributed by atoms with Gasteiger partial charge in [0.05, 0.1) is 19.8 Å². The predicted molar refractivity (Wildman–Crippen MR) is 86.1 cm³/mol. The van der Waals surface area contributed by atoms with Crippen LogP contribution in [0.1, 0.15) is 33.5 Å². The second kappa shape index (κ2) is 6.24. The number of rotatable bonds is 3. The van der Waals surface area contributed by atoms with Crippen LogP contribution in [0.3, 0.4) is 0 Å². The van der Waals surface area contributed by atoms with Crippen molar-refractivity contribution in [3.8, 4) is 5.75 Å². The van der Waals surface area contributed by atoms with Crippen LogP contribution >= 0.6 is 0 Å². The van der Waals surface area contributed by atoms with Crippen molar-refractivity contribution >= 4 is 11.5 Å². The largest absolute Gasteiger partial charge is 0.496 e. The summed E-state index contributed by atoms with van der Waals surface area (Å²) >= 11 is 0. The van der Waals surface area contributed by atoms with Gasteiger partial charge in [-0.15, -0.1) is 0 Å². The van der Waals surface area contributed by atoms with Crippen LogP contribution in [0, 0.1) is 5.82 Å². The van der Waals surface area contributed by atoms with Gasteiger partial charge in [-0.25, -0.2) is 9.18 Å². The maximum absolute atomic E-state index is 13.7. The lowest BCUT2D eigenvalue weighted by Crippen LogP contribution is -2.07. The molecule has 0 heterocycles. The van der Waals surface area contributed by atoms with Crippen molar-refractivity contribution in [3.05, 3.63) is 70.5 Å². The molecule has 0 atom stereocenters. The van der Waals surface area contributed by atoms with Gasteiger partial charge in [0.15, 0.2) is 0 Å². The lowest BCUT2D eigenvalue weighted by atomic mass is 9.85. The monoisotopic (exact) mass is 312 g/mol. The summed E-state index contributed by atoms with van der Waals surface area (Å²) in [5.41, 5.74) is 4.10. The number of esters is 1. The number of allylic oxidation sites excluding steroid dienone is 1. The number of methoxy groups -OCH3 is 2. The van der Waals surface area contributed by atoms with Crippen LogP contribution in [0.5, 0.6) is 5.75 Å². The minimum Gasteiger partial charge on any atom is -0.496 e. The van der Waals surface area contributed by atoms with Gasteiger partial charge in [0, 0.05) is 5.56 Å².